The molecule has 1 rings (SSSR count). The van der Waals surface area contributed by atoms with Crippen LogP contribution in [0.2, 0.25) is 0 Å². The van der Waals surface area contributed by atoms with Gasteiger partial charge in [0.2, 0.25) is 10.0 Å². The lowest BCUT2D eigenvalue weighted by Gasteiger charge is -2.24. The molecule has 0 bridgehead atoms. The summed E-state index contributed by atoms with van der Waals surface area (Å²) in [6.07, 6.45) is 6.71. The lowest BCUT2D eigenvalue weighted by Crippen LogP contribution is -2.34. The number of nitrogens with zero attached hydrogens (tertiary/aromatic N) is 1. The average molecular weight is 262 g/mol. The monoisotopic (exact) mass is 262 g/mol. The Bertz CT molecular complexity index is 298. The van der Waals surface area contributed by atoms with Gasteiger partial charge in [0, 0.05) is 13.6 Å². The highest BCUT2D eigenvalue weighted by Crippen LogP contribution is 2.25. The van der Waals surface area contributed by atoms with Crippen LogP contribution in [-0.2, 0) is 10.0 Å². The minimum Gasteiger partial charge on any atom is -0.320 e. The predicted molar refractivity (Wildman–Crippen MR) is 71.5 cm³/mol. The van der Waals surface area contributed by atoms with Gasteiger partial charge in [-0.3, -0.25) is 0 Å². The van der Waals surface area contributed by atoms with Crippen molar-refractivity contribution in [2.75, 3.05) is 32.9 Å². The number of hydrogen-bond acceptors (Lipinski definition) is 3. The van der Waals surface area contributed by atoms with Crippen LogP contribution in [0.25, 0.3) is 0 Å². The van der Waals surface area contributed by atoms with Crippen LogP contribution in [0.5, 0.6) is 0 Å². The first-order valence-corrected chi connectivity index (χ1v) is 8.26. The quantitative estimate of drug-likeness (QED) is 0.706. The van der Waals surface area contributed by atoms with Crippen molar-refractivity contribution in [2.24, 2.45) is 5.92 Å². The lowest BCUT2D eigenvalue weighted by atomic mass is 9.91. The van der Waals surface area contributed by atoms with Crippen LogP contribution >= 0.6 is 0 Å². The van der Waals surface area contributed by atoms with Crippen LogP contribution in [0, 0.1) is 5.92 Å². The topological polar surface area (TPSA) is 49.4 Å². The summed E-state index contributed by atoms with van der Waals surface area (Å²) in [7, 11) is 0.553. The van der Waals surface area contributed by atoms with Gasteiger partial charge in [-0.05, 0) is 38.8 Å². The summed E-state index contributed by atoms with van der Waals surface area (Å²) in [6, 6.07) is 0. The summed E-state index contributed by atoms with van der Waals surface area (Å²) in [5.74, 6) is 0.740. The molecule has 0 aromatic heterocycles. The third-order valence-electron chi connectivity index (χ3n) is 3.55. The highest BCUT2D eigenvalue weighted by atomic mass is 32.2. The third-order valence-corrected chi connectivity index (χ3v) is 5.57. The molecule has 0 radical (unpaired) electrons. The lowest BCUT2D eigenvalue weighted by molar-refractivity contribution is 0.374. The Kier molecular flexibility index (Phi) is 6.44. The molecule has 0 unspecified atom stereocenters. The number of nitrogens with one attached hydrogen (secondary N) is 1. The Balaban J connectivity index is 2.37. The summed E-state index contributed by atoms with van der Waals surface area (Å²) >= 11 is 0. The molecule has 1 aliphatic carbocycles. The van der Waals surface area contributed by atoms with Crippen LogP contribution in [0.4, 0.5) is 0 Å². The molecular weight excluding hydrogens is 236 g/mol. The van der Waals surface area contributed by atoms with Crippen LogP contribution in [0.15, 0.2) is 0 Å². The highest BCUT2D eigenvalue weighted by Gasteiger charge is 2.24. The summed E-state index contributed by atoms with van der Waals surface area (Å²) in [5.41, 5.74) is 0. The zero-order chi connectivity index (χ0) is 12.7. The zero-order valence-electron chi connectivity index (χ0n) is 11.1. The van der Waals surface area contributed by atoms with Crippen LogP contribution in [0.1, 0.15) is 38.5 Å². The molecule has 17 heavy (non-hydrogen) atoms. The van der Waals surface area contributed by atoms with Crippen LogP contribution < -0.4 is 5.32 Å². The van der Waals surface area contributed by atoms with E-state index in [0.717, 1.165) is 25.8 Å². The molecule has 102 valence electrons. The molecule has 1 N–H and O–H groups in total. The second kappa shape index (κ2) is 7.34. The Morgan fingerprint density at radius 2 is 1.88 bits per heavy atom. The molecular formula is C12H26N2O2S. The van der Waals surface area contributed by atoms with E-state index < -0.39 is 10.0 Å². The minimum atomic E-state index is -3.03. The fourth-order valence-corrected chi connectivity index (χ4v) is 3.99. The van der Waals surface area contributed by atoms with Crippen LogP contribution in [0.3, 0.4) is 0 Å². The van der Waals surface area contributed by atoms with Gasteiger partial charge in [-0.2, -0.15) is 0 Å². The molecule has 1 fully saturated rings. The molecule has 0 aliphatic heterocycles. The van der Waals surface area contributed by atoms with Crippen molar-refractivity contribution in [1.82, 2.24) is 9.62 Å². The van der Waals surface area contributed by atoms with E-state index in [9.17, 15) is 8.42 Å². The van der Waals surface area contributed by atoms with Gasteiger partial charge in [0.05, 0.1) is 5.75 Å². The van der Waals surface area contributed by atoms with Gasteiger partial charge in [-0.1, -0.05) is 19.3 Å². The van der Waals surface area contributed by atoms with Gasteiger partial charge >= 0.3 is 0 Å². The highest BCUT2D eigenvalue weighted by molar-refractivity contribution is 7.89. The van der Waals surface area contributed by atoms with E-state index in [0.29, 0.717) is 18.2 Å². The molecule has 0 atom stereocenters. The van der Waals surface area contributed by atoms with E-state index in [1.54, 1.807) is 7.05 Å². The minimum absolute atomic E-state index is 0.350. The molecule has 0 aromatic rings. The molecule has 1 aliphatic rings. The molecule has 0 aromatic carbocycles. The molecule has 0 spiro atoms. The van der Waals surface area contributed by atoms with E-state index in [1.807, 2.05) is 7.05 Å². The van der Waals surface area contributed by atoms with Crippen molar-refractivity contribution in [3.05, 3.63) is 0 Å². The second-order valence-corrected chi connectivity index (χ2v) is 7.18. The number of sulfonamides is 1. The van der Waals surface area contributed by atoms with Crippen molar-refractivity contribution in [2.45, 2.75) is 38.5 Å². The molecule has 5 heteroatoms. The fraction of sp³-hybridized carbons (Fsp3) is 1.00. The van der Waals surface area contributed by atoms with E-state index >= 15 is 0 Å². The van der Waals surface area contributed by atoms with E-state index in [-0.39, 0.29) is 0 Å². The van der Waals surface area contributed by atoms with Crippen molar-refractivity contribution < 1.29 is 8.42 Å². The van der Waals surface area contributed by atoms with Crippen molar-refractivity contribution in [3.8, 4) is 0 Å². The smallest absolute Gasteiger partial charge is 0.214 e. The van der Waals surface area contributed by atoms with Gasteiger partial charge < -0.3 is 5.32 Å². The van der Waals surface area contributed by atoms with Gasteiger partial charge in [0.1, 0.15) is 0 Å². The normalized spacial score (nSPS) is 18.8. The Hall–Kier alpha value is -0.130. The zero-order valence-corrected chi connectivity index (χ0v) is 11.9. The Morgan fingerprint density at radius 1 is 1.24 bits per heavy atom. The summed E-state index contributed by atoms with van der Waals surface area (Å²) < 4.78 is 25.7. The molecule has 0 heterocycles. The third kappa shape index (κ3) is 5.36. The van der Waals surface area contributed by atoms with Crippen molar-refractivity contribution >= 4 is 10.0 Å². The SMILES string of the molecule is CNCCCN(C)S(=O)(=O)CC1CCCCC1. The largest absolute Gasteiger partial charge is 0.320 e. The maximum Gasteiger partial charge on any atom is 0.214 e. The first-order valence-electron chi connectivity index (χ1n) is 6.65. The maximum atomic E-state index is 12.1. The first kappa shape index (κ1) is 14.9. The fourth-order valence-electron chi connectivity index (χ4n) is 2.40. The molecule has 1 saturated carbocycles. The summed E-state index contributed by atoms with van der Waals surface area (Å²) in [4.78, 5) is 0. The summed E-state index contributed by atoms with van der Waals surface area (Å²) in [5, 5.41) is 3.03. The van der Waals surface area contributed by atoms with Crippen LogP contribution in [-0.4, -0.2) is 45.7 Å². The molecule has 0 amide bonds. The van der Waals surface area contributed by atoms with E-state index in [4.69, 9.17) is 0 Å². The van der Waals surface area contributed by atoms with Gasteiger partial charge in [0.25, 0.3) is 0 Å². The van der Waals surface area contributed by atoms with Crippen molar-refractivity contribution in [1.29, 1.82) is 0 Å². The average Bonchev–Trinajstić information content (AvgIpc) is 2.30. The first-order chi connectivity index (χ1) is 8.06. The predicted octanol–water partition coefficient (Wildman–Crippen LogP) is 1.44. The van der Waals surface area contributed by atoms with Crippen molar-refractivity contribution in [3.63, 3.8) is 0 Å². The van der Waals surface area contributed by atoms with Gasteiger partial charge in [-0.15, -0.1) is 0 Å². The molecule has 4 nitrogen and oxygen atoms in total. The second-order valence-electron chi connectivity index (χ2n) is 5.06. The molecule has 0 saturated heterocycles. The maximum absolute atomic E-state index is 12.1. The van der Waals surface area contributed by atoms with Gasteiger partial charge in [-0.25, -0.2) is 12.7 Å². The van der Waals surface area contributed by atoms with Gasteiger partial charge in [0.15, 0.2) is 0 Å². The van der Waals surface area contributed by atoms with E-state index in [1.165, 1.54) is 23.6 Å². The number of rotatable bonds is 7. The van der Waals surface area contributed by atoms with E-state index in [2.05, 4.69) is 5.32 Å². The Labute approximate surface area is 106 Å². The summed E-state index contributed by atoms with van der Waals surface area (Å²) in [6.45, 7) is 1.49. The number of hydrogen-bond donors (Lipinski definition) is 1. The standard InChI is InChI=1S/C12H26N2O2S/c1-13-9-6-10-14(2)17(15,16)11-12-7-4-3-5-8-12/h12-13H,3-11H2,1-2H3. The Morgan fingerprint density at radius 3 is 2.47 bits per heavy atom.